The van der Waals surface area contributed by atoms with Crippen molar-refractivity contribution in [3.05, 3.63) is 29.1 Å². The Bertz CT molecular complexity index is 605. The number of rotatable bonds is 4. The molecule has 2 rings (SSSR count). The van der Waals surface area contributed by atoms with E-state index in [9.17, 15) is 9.90 Å². The largest absolute Gasteiger partial charge is 0.397 e. The topological polar surface area (TPSA) is 75.3 Å². The number of amides is 1. The highest BCUT2D eigenvalue weighted by Crippen LogP contribution is 2.33. The Morgan fingerprint density at radius 2 is 2.11 bits per heavy atom. The van der Waals surface area contributed by atoms with Crippen LogP contribution in [0.2, 0.25) is 0 Å². The minimum atomic E-state index is -0.332. The van der Waals surface area contributed by atoms with Crippen LogP contribution >= 0.6 is 11.3 Å². The molecule has 0 bridgehead atoms. The van der Waals surface area contributed by atoms with Crippen LogP contribution in [0, 0.1) is 5.41 Å². The fraction of sp³-hybridized carbons (Fsp3) is 0.357. The summed E-state index contributed by atoms with van der Waals surface area (Å²) in [4.78, 5) is 12.7. The number of aliphatic hydroxyl groups excluding tert-OH is 1. The smallest absolute Gasteiger partial charge is 0.263 e. The Labute approximate surface area is 116 Å². The zero-order valence-electron chi connectivity index (χ0n) is 11.1. The molecule has 102 valence electrons. The van der Waals surface area contributed by atoms with Gasteiger partial charge in [0.05, 0.1) is 5.69 Å². The van der Waals surface area contributed by atoms with Gasteiger partial charge < -0.3 is 16.2 Å². The summed E-state index contributed by atoms with van der Waals surface area (Å²) in [5.41, 5.74) is 6.21. The van der Waals surface area contributed by atoms with Gasteiger partial charge in [0.1, 0.15) is 4.88 Å². The number of nitrogen functional groups attached to an aromatic ring is 1. The summed E-state index contributed by atoms with van der Waals surface area (Å²) >= 11 is 1.39. The molecule has 0 saturated carbocycles. The zero-order valence-corrected chi connectivity index (χ0v) is 11.9. The summed E-state index contributed by atoms with van der Waals surface area (Å²) in [5.74, 6) is -0.180. The molecular weight excluding hydrogens is 260 g/mol. The number of nitrogens with one attached hydrogen (secondary N) is 1. The van der Waals surface area contributed by atoms with Gasteiger partial charge in [-0.1, -0.05) is 32.0 Å². The minimum absolute atomic E-state index is 0.0230. The first kappa shape index (κ1) is 13.8. The molecule has 4 N–H and O–H groups in total. The molecule has 0 fully saturated rings. The van der Waals surface area contributed by atoms with E-state index in [-0.39, 0.29) is 17.9 Å². The second kappa shape index (κ2) is 5.19. The normalized spacial score (nSPS) is 11.7. The first-order valence-corrected chi connectivity index (χ1v) is 6.92. The van der Waals surface area contributed by atoms with E-state index in [1.54, 1.807) is 0 Å². The van der Waals surface area contributed by atoms with E-state index in [4.69, 9.17) is 5.73 Å². The molecule has 0 radical (unpaired) electrons. The van der Waals surface area contributed by atoms with Crippen molar-refractivity contribution in [1.82, 2.24) is 5.32 Å². The number of hydrogen-bond donors (Lipinski definition) is 3. The number of fused-ring (bicyclic) bond motifs is 1. The van der Waals surface area contributed by atoms with Crippen molar-refractivity contribution in [2.75, 3.05) is 18.9 Å². The molecule has 0 aliphatic carbocycles. The summed E-state index contributed by atoms with van der Waals surface area (Å²) in [5, 5.41) is 12.9. The van der Waals surface area contributed by atoms with Crippen LogP contribution < -0.4 is 11.1 Å². The van der Waals surface area contributed by atoms with Crippen molar-refractivity contribution in [2.24, 2.45) is 5.41 Å². The van der Waals surface area contributed by atoms with Crippen LogP contribution in [0.1, 0.15) is 23.5 Å². The van der Waals surface area contributed by atoms with Gasteiger partial charge in [-0.05, 0) is 6.07 Å². The SMILES string of the molecule is CC(C)(CO)CNC(=O)c1sc2ccccc2c1N. The number of carbonyl (C=O) groups is 1. The van der Waals surface area contributed by atoms with Crippen LogP contribution in [0.3, 0.4) is 0 Å². The fourth-order valence-electron chi connectivity index (χ4n) is 1.69. The van der Waals surface area contributed by atoms with E-state index in [0.29, 0.717) is 17.1 Å². The van der Waals surface area contributed by atoms with Gasteiger partial charge >= 0.3 is 0 Å². The summed E-state index contributed by atoms with van der Waals surface area (Å²) < 4.78 is 1.01. The zero-order chi connectivity index (χ0) is 14.0. The lowest BCUT2D eigenvalue weighted by molar-refractivity contribution is 0.0916. The van der Waals surface area contributed by atoms with Gasteiger partial charge in [-0.25, -0.2) is 0 Å². The van der Waals surface area contributed by atoms with Crippen LogP contribution in [0.5, 0.6) is 0 Å². The highest BCUT2D eigenvalue weighted by atomic mass is 32.1. The standard InChI is InChI=1S/C14H18N2O2S/c1-14(2,8-17)7-16-13(18)12-11(15)9-5-3-4-6-10(9)19-12/h3-6,17H,7-8,15H2,1-2H3,(H,16,18). The van der Waals surface area contributed by atoms with Gasteiger partial charge in [0.15, 0.2) is 0 Å². The van der Waals surface area contributed by atoms with Crippen molar-refractivity contribution >= 4 is 33.0 Å². The Balaban J connectivity index is 2.20. The highest BCUT2D eigenvalue weighted by Gasteiger charge is 2.20. The van der Waals surface area contributed by atoms with Crippen LogP contribution in [0.15, 0.2) is 24.3 Å². The maximum atomic E-state index is 12.1. The van der Waals surface area contributed by atoms with Crippen molar-refractivity contribution in [2.45, 2.75) is 13.8 Å². The van der Waals surface area contributed by atoms with Crippen LogP contribution in [-0.4, -0.2) is 24.2 Å². The van der Waals surface area contributed by atoms with Crippen molar-refractivity contribution in [3.63, 3.8) is 0 Å². The molecule has 2 aromatic rings. The van der Waals surface area contributed by atoms with Crippen molar-refractivity contribution in [1.29, 1.82) is 0 Å². The first-order valence-electron chi connectivity index (χ1n) is 6.11. The molecule has 1 amide bonds. The third-order valence-electron chi connectivity index (χ3n) is 3.00. The molecule has 0 aliphatic heterocycles. The second-order valence-corrected chi connectivity index (χ2v) is 6.40. The molecule has 0 aliphatic rings. The van der Waals surface area contributed by atoms with E-state index in [0.717, 1.165) is 10.1 Å². The lowest BCUT2D eigenvalue weighted by Crippen LogP contribution is -2.35. The summed E-state index contributed by atoms with van der Waals surface area (Å²) in [7, 11) is 0. The van der Waals surface area contributed by atoms with E-state index >= 15 is 0 Å². The number of thiophene rings is 1. The lowest BCUT2D eigenvalue weighted by Gasteiger charge is -2.21. The Morgan fingerprint density at radius 3 is 2.74 bits per heavy atom. The molecule has 4 nitrogen and oxygen atoms in total. The first-order chi connectivity index (χ1) is 8.94. The van der Waals surface area contributed by atoms with Crippen LogP contribution in [0.4, 0.5) is 5.69 Å². The van der Waals surface area contributed by atoms with Gasteiger partial charge in [0.25, 0.3) is 5.91 Å². The number of nitrogens with two attached hydrogens (primary N) is 1. The van der Waals surface area contributed by atoms with Gasteiger partial charge in [0, 0.05) is 28.7 Å². The van der Waals surface area contributed by atoms with Crippen molar-refractivity contribution in [3.8, 4) is 0 Å². The molecule has 1 heterocycles. The van der Waals surface area contributed by atoms with E-state index in [1.807, 2.05) is 38.1 Å². The van der Waals surface area contributed by atoms with Gasteiger partial charge in [-0.2, -0.15) is 0 Å². The molecule has 0 atom stereocenters. The van der Waals surface area contributed by atoms with Crippen molar-refractivity contribution < 1.29 is 9.90 Å². The number of aliphatic hydroxyl groups is 1. The Morgan fingerprint density at radius 1 is 1.42 bits per heavy atom. The van der Waals surface area contributed by atoms with Gasteiger partial charge in [0.2, 0.25) is 0 Å². The van der Waals surface area contributed by atoms with E-state index in [2.05, 4.69) is 5.32 Å². The number of anilines is 1. The lowest BCUT2D eigenvalue weighted by atomic mass is 9.95. The molecule has 1 aromatic heterocycles. The van der Waals surface area contributed by atoms with E-state index in [1.165, 1.54) is 11.3 Å². The number of benzene rings is 1. The third kappa shape index (κ3) is 2.88. The maximum absolute atomic E-state index is 12.1. The maximum Gasteiger partial charge on any atom is 0.263 e. The quantitative estimate of drug-likeness (QED) is 0.802. The van der Waals surface area contributed by atoms with Gasteiger partial charge in [-0.3, -0.25) is 4.79 Å². The summed E-state index contributed by atoms with van der Waals surface area (Å²) in [6.07, 6.45) is 0. The molecule has 0 spiro atoms. The van der Waals surface area contributed by atoms with Crippen LogP contribution in [-0.2, 0) is 0 Å². The van der Waals surface area contributed by atoms with Crippen LogP contribution in [0.25, 0.3) is 10.1 Å². The monoisotopic (exact) mass is 278 g/mol. The molecule has 19 heavy (non-hydrogen) atoms. The molecule has 5 heteroatoms. The predicted octanol–water partition coefficient (Wildman–Crippen LogP) is 2.23. The van der Waals surface area contributed by atoms with Gasteiger partial charge in [-0.15, -0.1) is 11.3 Å². The molecule has 1 aromatic carbocycles. The molecular formula is C14H18N2O2S. The molecule has 0 saturated heterocycles. The third-order valence-corrected chi connectivity index (χ3v) is 4.18. The highest BCUT2D eigenvalue weighted by molar-refractivity contribution is 7.21. The van der Waals surface area contributed by atoms with E-state index < -0.39 is 0 Å². The molecule has 0 unspecified atom stereocenters. The fourth-order valence-corrected chi connectivity index (χ4v) is 2.73. The second-order valence-electron chi connectivity index (χ2n) is 5.35. The minimum Gasteiger partial charge on any atom is -0.397 e. The Kier molecular flexibility index (Phi) is 3.78. The average Bonchev–Trinajstić information content (AvgIpc) is 2.74. The number of carbonyl (C=O) groups excluding carboxylic acids is 1. The predicted molar refractivity (Wildman–Crippen MR) is 79.4 cm³/mol. The summed E-state index contributed by atoms with van der Waals surface area (Å²) in [6, 6.07) is 7.69. The average molecular weight is 278 g/mol. The Hall–Kier alpha value is -1.59. The number of hydrogen-bond acceptors (Lipinski definition) is 4. The summed E-state index contributed by atoms with van der Waals surface area (Å²) in [6.45, 7) is 4.22.